The molecule has 0 saturated heterocycles. The zero-order chi connectivity index (χ0) is 10.9. The molecule has 0 bridgehead atoms. The maximum Gasteiger partial charge on any atom is 0.231 e. The smallest absolute Gasteiger partial charge is 0.231 e. The van der Waals surface area contributed by atoms with Crippen molar-refractivity contribution in [3.8, 4) is 0 Å². The summed E-state index contributed by atoms with van der Waals surface area (Å²) in [4.78, 5) is 11.5. The Morgan fingerprint density at radius 1 is 0.867 bits per heavy atom. The number of carbonyl (C=O) groups excluding carboxylic acids is 1. The van der Waals surface area contributed by atoms with Crippen LogP contribution in [-0.4, -0.2) is 12.9 Å². The van der Waals surface area contributed by atoms with Gasteiger partial charge >= 0.3 is 0 Å². The van der Waals surface area contributed by atoms with Gasteiger partial charge in [0, 0.05) is 0 Å². The molecule has 0 unspecified atom stereocenters. The maximum absolute atomic E-state index is 11.5. The van der Waals surface area contributed by atoms with E-state index in [0.29, 0.717) is 17.3 Å². The van der Waals surface area contributed by atoms with Crippen molar-refractivity contribution in [3.63, 3.8) is 0 Å². The number of carbonyl (C=O) groups is 1. The molecule has 2 aliphatic rings. The molecule has 0 radical (unpaired) electrons. The van der Waals surface area contributed by atoms with E-state index in [-0.39, 0.29) is 0 Å². The molecule has 84 valence electrons. The zero-order valence-electron chi connectivity index (χ0n) is 10.2. The first-order chi connectivity index (χ1) is 7.11. The van der Waals surface area contributed by atoms with Crippen molar-refractivity contribution >= 4 is 12.9 Å². The molecular formula is C13H23BO. The van der Waals surface area contributed by atoms with Gasteiger partial charge in [0.1, 0.15) is 0 Å². The van der Waals surface area contributed by atoms with Crippen LogP contribution in [0.1, 0.15) is 65.2 Å². The largest absolute Gasteiger partial charge is 0.315 e. The Balaban J connectivity index is 2.18. The summed E-state index contributed by atoms with van der Waals surface area (Å²) in [6, 6.07) is 0. The Labute approximate surface area is 94.1 Å². The van der Waals surface area contributed by atoms with Crippen LogP contribution in [0.3, 0.4) is 0 Å². The minimum Gasteiger partial charge on any atom is -0.315 e. The van der Waals surface area contributed by atoms with E-state index in [1.165, 1.54) is 57.6 Å². The summed E-state index contributed by atoms with van der Waals surface area (Å²) in [5, 5.41) is 0.641. The predicted octanol–water partition coefficient (Wildman–Crippen LogP) is 3.92. The van der Waals surface area contributed by atoms with E-state index in [1.54, 1.807) is 0 Å². The molecule has 0 aliphatic heterocycles. The van der Waals surface area contributed by atoms with Gasteiger partial charge in [-0.3, -0.25) is 0 Å². The summed E-state index contributed by atoms with van der Waals surface area (Å²) in [5.41, 5.74) is 0. The summed E-state index contributed by atoms with van der Waals surface area (Å²) < 4.78 is 0. The first-order valence-corrected chi connectivity index (χ1v) is 6.56. The minimum absolute atomic E-state index is 0.315. The van der Waals surface area contributed by atoms with Gasteiger partial charge in [0.05, 0.1) is 6.19 Å². The molecule has 0 aromatic carbocycles. The van der Waals surface area contributed by atoms with Crippen LogP contribution < -0.4 is 0 Å². The van der Waals surface area contributed by atoms with Gasteiger partial charge in [-0.15, -0.1) is 0 Å². The molecule has 0 aromatic heterocycles. The van der Waals surface area contributed by atoms with Crippen molar-refractivity contribution in [3.05, 3.63) is 0 Å². The average molecular weight is 206 g/mol. The van der Waals surface area contributed by atoms with E-state index < -0.39 is 0 Å². The van der Waals surface area contributed by atoms with Gasteiger partial charge < -0.3 is 4.79 Å². The lowest BCUT2D eigenvalue weighted by Gasteiger charge is -2.38. The van der Waals surface area contributed by atoms with Crippen molar-refractivity contribution in [1.29, 1.82) is 0 Å². The zero-order valence-corrected chi connectivity index (χ0v) is 10.2. The van der Waals surface area contributed by atoms with Crippen LogP contribution in [0, 0.1) is 0 Å². The van der Waals surface area contributed by atoms with Crippen LogP contribution in [0.25, 0.3) is 0 Å². The Morgan fingerprint density at radius 2 is 1.20 bits per heavy atom. The first-order valence-electron chi connectivity index (χ1n) is 6.56. The summed E-state index contributed by atoms with van der Waals surface area (Å²) in [5.74, 6) is 0. The highest BCUT2D eigenvalue weighted by Crippen LogP contribution is 2.58. The summed E-state index contributed by atoms with van der Waals surface area (Å²) in [6.45, 7) is 5.01. The molecule has 15 heavy (non-hydrogen) atoms. The van der Waals surface area contributed by atoms with E-state index in [4.69, 9.17) is 0 Å². The van der Waals surface area contributed by atoms with Gasteiger partial charge in [0.2, 0.25) is 6.71 Å². The van der Waals surface area contributed by atoms with Gasteiger partial charge in [-0.2, -0.15) is 0 Å². The second kappa shape index (κ2) is 3.95. The van der Waals surface area contributed by atoms with Gasteiger partial charge in [0.25, 0.3) is 0 Å². The standard InChI is InChI=1S/C13H23BO/c1-12(7-3-4-8-12)14(11-15)13(2)9-5-6-10-13/h11H,3-10H2,1-2H3. The molecule has 1 nitrogen and oxygen atoms in total. The average Bonchev–Trinajstić information content (AvgIpc) is 2.77. The van der Waals surface area contributed by atoms with Crippen LogP contribution in [-0.2, 0) is 4.79 Å². The van der Waals surface area contributed by atoms with Gasteiger partial charge in [0.15, 0.2) is 0 Å². The van der Waals surface area contributed by atoms with Gasteiger partial charge in [-0.1, -0.05) is 65.2 Å². The molecular weight excluding hydrogens is 183 g/mol. The third-order valence-electron chi connectivity index (χ3n) is 5.13. The number of hydrogen-bond acceptors (Lipinski definition) is 1. The van der Waals surface area contributed by atoms with Crippen molar-refractivity contribution in [1.82, 2.24) is 0 Å². The third kappa shape index (κ3) is 1.88. The second-order valence-electron chi connectivity index (χ2n) is 6.34. The molecule has 2 rings (SSSR count). The molecule has 0 spiro atoms. The maximum atomic E-state index is 11.5. The molecule has 2 fully saturated rings. The monoisotopic (exact) mass is 206 g/mol. The van der Waals surface area contributed by atoms with Crippen LogP contribution in [0.5, 0.6) is 0 Å². The van der Waals surface area contributed by atoms with Gasteiger partial charge in [-0.05, 0) is 10.6 Å². The minimum atomic E-state index is 0.315. The lowest BCUT2D eigenvalue weighted by atomic mass is 9.22. The van der Waals surface area contributed by atoms with Crippen molar-refractivity contribution in [2.24, 2.45) is 0 Å². The highest BCUT2D eigenvalue weighted by molar-refractivity contribution is 6.89. The summed E-state index contributed by atoms with van der Waals surface area (Å²) in [7, 11) is 0. The van der Waals surface area contributed by atoms with Crippen LogP contribution in [0.4, 0.5) is 0 Å². The van der Waals surface area contributed by atoms with Crippen molar-refractivity contribution < 1.29 is 4.79 Å². The fourth-order valence-corrected chi connectivity index (χ4v) is 4.16. The molecule has 0 aromatic rings. The lowest BCUT2D eigenvalue weighted by Crippen LogP contribution is -2.40. The highest BCUT2D eigenvalue weighted by atomic mass is 16.1. The van der Waals surface area contributed by atoms with E-state index >= 15 is 0 Å². The van der Waals surface area contributed by atoms with Crippen molar-refractivity contribution in [2.75, 3.05) is 0 Å². The molecule has 0 heterocycles. The number of hydrogen-bond donors (Lipinski definition) is 0. The Kier molecular flexibility index (Phi) is 2.96. The quantitative estimate of drug-likeness (QED) is 0.505. The van der Waals surface area contributed by atoms with E-state index in [1.807, 2.05) is 0 Å². The third-order valence-corrected chi connectivity index (χ3v) is 5.13. The molecule has 0 N–H and O–H groups in total. The lowest BCUT2D eigenvalue weighted by molar-refractivity contribution is 0.527. The predicted molar refractivity (Wildman–Crippen MR) is 66.2 cm³/mol. The molecule has 2 aliphatic carbocycles. The fraction of sp³-hybridized carbons (Fsp3) is 0.923. The summed E-state index contributed by atoms with van der Waals surface area (Å²) >= 11 is 0. The van der Waals surface area contributed by atoms with E-state index in [2.05, 4.69) is 13.8 Å². The van der Waals surface area contributed by atoms with Crippen LogP contribution >= 0.6 is 0 Å². The summed E-state index contributed by atoms with van der Waals surface area (Å²) in [6.07, 6.45) is 11.7. The highest BCUT2D eigenvalue weighted by Gasteiger charge is 2.50. The number of rotatable bonds is 3. The Morgan fingerprint density at radius 3 is 1.47 bits per heavy atom. The molecule has 0 amide bonds. The topological polar surface area (TPSA) is 17.1 Å². The normalized spacial score (nSPS) is 27.9. The SMILES string of the molecule is CC1(B(C=O)C2(C)CCCC2)CCCC1. The molecule has 0 atom stereocenters. The van der Waals surface area contributed by atoms with Gasteiger partial charge in [-0.25, -0.2) is 0 Å². The van der Waals surface area contributed by atoms with Crippen LogP contribution in [0.15, 0.2) is 0 Å². The molecule has 2 heteroatoms. The second-order valence-corrected chi connectivity index (χ2v) is 6.34. The Hall–Kier alpha value is -0.265. The Bertz CT molecular complexity index is 215. The fourth-order valence-electron chi connectivity index (χ4n) is 4.16. The van der Waals surface area contributed by atoms with E-state index in [0.717, 1.165) is 0 Å². The first kappa shape index (κ1) is 11.2. The van der Waals surface area contributed by atoms with Crippen molar-refractivity contribution in [2.45, 2.75) is 75.8 Å². The van der Waals surface area contributed by atoms with Crippen LogP contribution in [0.2, 0.25) is 10.6 Å². The van der Waals surface area contributed by atoms with E-state index in [9.17, 15) is 4.79 Å². The molecule has 2 saturated carbocycles.